The van der Waals surface area contributed by atoms with Gasteiger partial charge in [-0.25, -0.2) is 4.98 Å². The molecule has 5 rings (SSSR count). The van der Waals surface area contributed by atoms with Crippen LogP contribution < -0.4 is 5.73 Å². The zero-order valence-electron chi connectivity index (χ0n) is 16.4. The molecule has 2 atom stereocenters. The molecule has 1 saturated heterocycles. The summed E-state index contributed by atoms with van der Waals surface area (Å²) in [6.07, 6.45) is 5.01. The molecule has 0 spiro atoms. The number of aromatic amines is 1. The first-order valence-electron chi connectivity index (χ1n) is 10.1. The van der Waals surface area contributed by atoms with E-state index in [1.54, 1.807) is 6.20 Å². The Morgan fingerprint density at radius 1 is 1.31 bits per heavy atom. The van der Waals surface area contributed by atoms with Gasteiger partial charge in [-0.05, 0) is 30.5 Å². The molecular weight excluding hydrogens is 366 g/mol. The van der Waals surface area contributed by atoms with Crippen LogP contribution in [0.1, 0.15) is 19.8 Å². The number of H-pyrrole nitrogens is 1. The van der Waals surface area contributed by atoms with Crippen LogP contribution in [0.5, 0.6) is 0 Å². The third-order valence-electron chi connectivity index (χ3n) is 5.84. The number of hydrogen-bond acceptors (Lipinski definition) is 6. The fraction of sp³-hybridized carbons (Fsp3) is 0.381. The van der Waals surface area contributed by atoms with E-state index in [4.69, 9.17) is 10.8 Å². The van der Waals surface area contributed by atoms with Gasteiger partial charge in [0, 0.05) is 49.4 Å². The number of anilines is 1. The van der Waals surface area contributed by atoms with Crippen LogP contribution in [0.15, 0.2) is 36.7 Å². The van der Waals surface area contributed by atoms with Crippen LogP contribution in [0.3, 0.4) is 0 Å². The number of aliphatic hydroxyl groups excluding tert-OH is 1. The molecule has 0 amide bonds. The molecule has 29 heavy (non-hydrogen) atoms. The standard InChI is InChI=1S/C21H25N7O/c1-13-5-8-27(11-13)19(29)6-9-28-12-16-20(26-28)15-3-2-14(17-4-7-23-25-17)10-18(15)24-21(16)22/h2-4,7,10,12-13,19,29H,5-6,8-9,11H2,1H3,(H2,22,24)(H,23,25)/t13-,19?/m0/s1. The second kappa shape index (κ2) is 7.13. The van der Waals surface area contributed by atoms with Gasteiger partial charge in [-0.15, -0.1) is 0 Å². The van der Waals surface area contributed by atoms with E-state index in [-0.39, 0.29) is 0 Å². The molecule has 8 nitrogen and oxygen atoms in total. The zero-order chi connectivity index (χ0) is 20.0. The lowest BCUT2D eigenvalue weighted by molar-refractivity contribution is 0.00814. The molecule has 1 aromatic carbocycles. The monoisotopic (exact) mass is 391 g/mol. The van der Waals surface area contributed by atoms with Crippen LogP contribution in [0, 0.1) is 5.92 Å². The van der Waals surface area contributed by atoms with E-state index in [0.29, 0.717) is 24.7 Å². The van der Waals surface area contributed by atoms with Gasteiger partial charge in [0.2, 0.25) is 0 Å². The Bertz CT molecular complexity index is 1150. The van der Waals surface area contributed by atoms with E-state index < -0.39 is 6.23 Å². The fourth-order valence-electron chi connectivity index (χ4n) is 4.19. The highest BCUT2D eigenvalue weighted by Crippen LogP contribution is 2.30. The summed E-state index contributed by atoms with van der Waals surface area (Å²) in [6.45, 7) is 4.78. The largest absolute Gasteiger partial charge is 0.383 e. The molecule has 0 saturated carbocycles. The summed E-state index contributed by atoms with van der Waals surface area (Å²) in [4.78, 5) is 6.74. The minimum atomic E-state index is -0.434. The first-order chi connectivity index (χ1) is 14.1. The van der Waals surface area contributed by atoms with Crippen molar-refractivity contribution in [2.24, 2.45) is 5.92 Å². The van der Waals surface area contributed by atoms with Gasteiger partial charge in [0.25, 0.3) is 0 Å². The average molecular weight is 391 g/mol. The van der Waals surface area contributed by atoms with Crippen molar-refractivity contribution < 1.29 is 5.11 Å². The van der Waals surface area contributed by atoms with Crippen LogP contribution >= 0.6 is 0 Å². The molecule has 0 aliphatic carbocycles. The number of nitrogen functional groups attached to an aromatic ring is 1. The predicted octanol–water partition coefficient (Wildman–Crippen LogP) is 2.61. The van der Waals surface area contributed by atoms with Crippen LogP contribution in [-0.4, -0.2) is 54.3 Å². The van der Waals surface area contributed by atoms with Crippen molar-refractivity contribution in [3.05, 3.63) is 36.7 Å². The summed E-state index contributed by atoms with van der Waals surface area (Å²) < 4.78 is 1.87. The normalized spacial score (nSPS) is 18.8. The first-order valence-corrected chi connectivity index (χ1v) is 10.1. The minimum absolute atomic E-state index is 0.434. The van der Waals surface area contributed by atoms with E-state index in [1.807, 2.05) is 35.1 Å². The lowest BCUT2D eigenvalue weighted by Crippen LogP contribution is -2.33. The first kappa shape index (κ1) is 18.1. The molecule has 3 aromatic heterocycles. The van der Waals surface area contributed by atoms with Gasteiger partial charge in [0.05, 0.1) is 16.6 Å². The third-order valence-corrected chi connectivity index (χ3v) is 5.84. The number of nitrogens with two attached hydrogens (primary N) is 1. The Balaban J connectivity index is 1.43. The van der Waals surface area contributed by atoms with Crippen molar-refractivity contribution in [2.45, 2.75) is 32.5 Å². The topological polar surface area (TPSA) is 109 Å². The molecule has 0 bridgehead atoms. The summed E-state index contributed by atoms with van der Waals surface area (Å²) in [5.74, 6) is 1.12. The number of nitrogens with zero attached hydrogens (tertiary/aromatic N) is 5. The van der Waals surface area contributed by atoms with Crippen LogP contribution in [0.2, 0.25) is 0 Å². The Morgan fingerprint density at radius 2 is 2.21 bits per heavy atom. The smallest absolute Gasteiger partial charge is 0.135 e. The maximum Gasteiger partial charge on any atom is 0.135 e. The average Bonchev–Trinajstić information content (AvgIpc) is 3.46. The molecule has 1 unspecified atom stereocenters. The van der Waals surface area contributed by atoms with Crippen molar-refractivity contribution in [3.63, 3.8) is 0 Å². The summed E-state index contributed by atoms with van der Waals surface area (Å²) in [7, 11) is 0. The van der Waals surface area contributed by atoms with E-state index in [2.05, 4.69) is 27.0 Å². The summed E-state index contributed by atoms with van der Waals surface area (Å²) in [5.41, 5.74) is 9.81. The zero-order valence-corrected chi connectivity index (χ0v) is 16.4. The van der Waals surface area contributed by atoms with Crippen LogP contribution in [-0.2, 0) is 6.54 Å². The SMILES string of the molecule is C[C@H]1CCN(C(O)CCn2cc3c(N)nc4cc(-c5ccn[nH]5)ccc4c3n2)C1. The molecule has 4 N–H and O–H groups in total. The molecule has 1 aliphatic heterocycles. The number of benzene rings is 1. The Kier molecular flexibility index (Phi) is 4.44. The second-order valence-electron chi connectivity index (χ2n) is 8.01. The van der Waals surface area contributed by atoms with Crippen molar-refractivity contribution in [1.82, 2.24) is 29.9 Å². The maximum atomic E-state index is 10.5. The summed E-state index contributed by atoms with van der Waals surface area (Å²) in [5, 5.41) is 24.0. The molecule has 4 heterocycles. The van der Waals surface area contributed by atoms with Gasteiger partial charge in [-0.2, -0.15) is 10.2 Å². The van der Waals surface area contributed by atoms with Gasteiger partial charge in [-0.3, -0.25) is 14.7 Å². The Labute approximate surface area is 168 Å². The summed E-state index contributed by atoms with van der Waals surface area (Å²) >= 11 is 0. The highest BCUT2D eigenvalue weighted by Gasteiger charge is 2.24. The molecule has 8 heteroatoms. The molecular formula is C21H25N7O. The number of aliphatic hydroxyl groups is 1. The van der Waals surface area contributed by atoms with Crippen LogP contribution in [0.4, 0.5) is 5.82 Å². The Morgan fingerprint density at radius 3 is 2.97 bits per heavy atom. The number of aromatic nitrogens is 5. The van der Waals surface area contributed by atoms with Crippen molar-refractivity contribution in [3.8, 4) is 11.3 Å². The number of rotatable bonds is 5. The van der Waals surface area contributed by atoms with Crippen molar-refractivity contribution >= 4 is 27.6 Å². The summed E-state index contributed by atoms with van der Waals surface area (Å²) in [6, 6.07) is 7.97. The van der Waals surface area contributed by atoms with Gasteiger partial charge in [-0.1, -0.05) is 13.0 Å². The van der Waals surface area contributed by atoms with Crippen molar-refractivity contribution in [2.75, 3.05) is 18.8 Å². The number of hydrogen-bond donors (Lipinski definition) is 3. The highest BCUT2D eigenvalue weighted by molar-refractivity contribution is 6.08. The van der Waals surface area contributed by atoms with E-state index >= 15 is 0 Å². The highest BCUT2D eigenvalue weighted by atomic mass is 16.3. The molecule has 1 aliphatic rings. The van der Waals surface area contributed by atoms with Gasteiger partial charge in [0.15, 0.2) is 0 Å². The number of aryl methyl sites for hydroxylation is 1. The number of likely N-dealkylation sites (tertiary alicyclic amines) is 1. The van der Waals surface area contributed by atoms with Crippen molar-refractivity contribution in [1.29, 1.82) is 0 Å². The number of pyridine rings is 1. The lowest BCUT2D eigenvalue weighted by atomic mass is 10.1. The molecule has 4 aromatic rings. The number of nitrogens with one attached hydrogen (secondary N) is 1. The molecule has 1 fully saturated rings. The quantitative estimate of drug-likeness (QED) is 0.482. The minimum Gasteiger partial charge on any atom is -0.383 e. The van der Waals surface area contributed by atoms with E-state index in [9.17, 15) is 5.11 Å². The van der Waals surface area contributed by atoms with E-state index in [0.717, 1.165) is 52.6 Å². The van der Waals surface area contributed by atoms with Crippen LogP contribution in [0.25, 0.3) is 33.1 Å². The lowest BCUT2D eigenvalue weighted by Gasteiger charge is -2.22. The third kappa shape index (κ3) is 3.34. The fourth-order valence-corrected chi connectivity index (χ4v) is 4.19. The van der Waals surface area contributed by atoms with E-state index in [1.165, 1.54) is 0 Å². The maximum absolute atomic E-state index is 10.5. The van der Waals surface area contributed by atoms with Gasteiger partial charge < -0.3 is 10.8 Å². The predicted molar refractivity (Wildman–Crippen MR) is 113 cm³/mol. The molecule has 150 valence electrons. The second-order valence-corrected chi connectivity index (χ2v) is 8.01. The van der Waals surface area contributed by atoms with Gasteiger partial charge in [0.1, 0.15) is 17.6 Å². The molecule has 0 radical (unpaired) electrons. The van der Waals surface area contributed by atoms with Gasteiger partial charge >= 0.3 is 0 Å². The Hall–Kier alpha value is -2.97. The number of fused-ring (bicyclic) bond motifs is 3.